The van der Waals surface area contributed by atoms with Gasteiger partial charge in [-0.25, -0.2) is 9.97 Å². The van der Waals surface area contributed by atoms with Crippen LogP contribution < -0.4 is 5.32 Å². The highest BCUT2D eigenvalue weighted by Crippen LogP contribution is 2.25. The lowest BCUT2D eigenvalue weighted by Crippen LogP contribution is -2.02. The van der Waals surface area contributed by atoms with Gasteiger partial charge in [-0.2, -0.15) is 0 Å². The van der Waals surface area contributed by atoms with Crippen molar-refractivity contribution in [3.8, 4) is 0 Å². The molecule has 2 aromatic rings. The maximum Gasteiger partial charge on any atom is 0.135 e. The van der Waals surface area contributed by atoms with E-state index in [2.05, 4.69) is 45.1 Å². The molecule has 0 bridgehead atoms. The standard InChI is InChI=1S/C13H13BrClN3/c1-8(2)13-17-11(14)7-12(18-13)16-10-6-4-3-5-9(10)15/h3-8H,1-2H3,(H,16,17,18). The molecule has 0 saturated heterocycles. The number of hydrogen-bond acceptors (Lipinski definition) is 3. The number of hydrogen-bond donors (Lipinski definition) is 1. The lowest BCUT2D eigenvalue weighted by molar-refractivity contribution is 0.771. The average Bonchev–Trinajstić information content (AvgIpc) is 2.31. The molecule has 0 amide bonds. The summed E-state index contributed by atoms with van der Waals surface area (Å²) in [6, 6.07) is 9.39. The van der Waals surface area contributed by atoms with Crippen molar-refractivity contribution in [2.75, 3.05) is 5.32 Å². The summed E-state index contributed by atoms with van der Waals surface area (Å²) in [5, 5.41) is 3.86. The SMILES string of the molecule is CC(C)c1nc(Br)cc(Nc2ccccc2Cl)n1. The van der Waals surface area contributed by atoms with Crippen LogP contribution in [0.4, 0.5) is 11.5 Å². The quantitative estimate of drug-likeness (QED) is 0.826. The molecule has 0 saturated carbocycles. The molecule has 94 valence electrons. The minimum atomic E-state index is 0.272. The van der Waals surface area contributed by atoms with Crippen molar-refractivity contribution >= 4 is 39.0 Å². The van der Waals surface area contributed by atoms with E-state index >= 15 is 0 Å². The summed E-state index contributed by atoms with van der Waals surface area (Å²) in [5.41, 5.74) is 0.833. The summed E-state index contributed by atoms with van der Waals surface area (Å²) in [5.74, 6) is 1.79. The summed E-state index contributed by atoms with van der Waals surface area (Å²) in [6.07, 6.45) is 0. The van der Waals surface area contributed by atoms with Gasteiger partial charge in [-0.15, -0.1) is 0 Å². The van der Waals surface area contributed by atoms with Crippen molar-refractivity contribution in [2.24, 2.45) is 0 Å². The second-order valence-electron chi connectivity index (χ2n) is 4.19. The number of nitrogens with one attached hydrogen (secondary N) is 1. The molecule has 0 atom stereocenters. The molecule has 0 fully saturated rings. The van der Waals surface area contributed by atoms with Crippen molar-refractivity contribution in [1.82, 2.24) is 9.97 Å². The first-order chi connectivity index (χ1) is 8.56. The van der Waals surface area contributed by atoms with Crippen LogP contribution in [0.2, 0.25) is 5.02 Å². The normalized spacial score (nSPS) is 10.7. The van der Waals surface area contributed by atoms with Gasteiger partial charge < -0.3 is 5.32 Å². The lowest BCUT2D eigenvalue weighted by atomic mass is 10.2. The third-order valence-corrected chi connectivity index (χ3v) is 3.10. The molecule has 1 aromatic carbocycles. The first-order valence-electron chi connectivity index (χ1n) is 5.62. The number of rotatable bonds is 3. The van der Waals surface area contributed by atoms with Crippen LogP contribution in [0.1, 0.15) is 25.6 Å². The highest BCUT2D eigenvalue weighted by Gasteiger charge is 2.08. The van der Waals surface area contributed by atoms with Gasteiger partial charge in [0.25, 0.3) is 0 Å². The highest BCUT2D eigenvalue weighted by atomic mass is 79.9. The Morgan fingerprint density at radius 1 is 1.22 bits per heavy atom. The van der Waals surface area contributed by atoms with Gasteiger partial charge in [0.2, 0.25) is 0 Å². The van der Waals surface area contributed by atoms with Gasteiger partial charge >= 0.3 is 0 Å². The molecule has 0 aliphatic carbocycles. The molecule has 5 heteroatoms. The minimum absolute atomic E-state index is 0.272. The fourth-order valence-electron chi connectivity index (χ4n) is 1.46. The molecule has 0 unspecified atom stereocenters. The van der Waals surface area contributed by atoms with Crippen molar-refractivity contribution in [2.45, 2.75) is 19.8 Å². The van der Waals surface area contributed by atoms with Crippen LogP contribution in [0.5, 0.6) is 0 Å². The summed E-state index contributed by atoms with van der Waals surface area (Å²) in [7, 11) is 0. The van der Waals surface area contributed by atoms with Gasteiger partial charge in [0, 0.05) is 12.0 Å². The van der Waals surface area contributed by atoms with Gasteiger partial charge in [-0.3, -0.25) is 0 Å². The maximum atomic E-state index is 6.10. The molecule has 0 radical (unpaired) electrons. The number of para-hydroxylation sites is 1. The van der Waals surface area contributed by atoms with Gasteiger partial charge in [0.1, 0.15) is 16.2 Å². The topological polar surface area (TPSA) is 37.8 Å². The van der Waals surface area contributed by atoms with E-state index in [4.69, 9.17) is 11.6 Å². The zero-order valence-electron chi connectivity index (χ0n) is 10.1. The van der Waals surface area contributed by atoms with Gasteiger partial charge in [0.05, 0.1) is 10.7 Å². The molecular formula is C13H13BrClN3. The fraction of sp³-hybridized carbons (Fsp3) is 0.231. The van der Waals surface area contributed by atoms with Crippen LogP contribution in [-0.2, 0) is 0 Å². The monoisotopic (exact) mass is 325 g/mol. The maximum absolute atomic E-state index is 6.10. The largest absolute Gasteiger partial charge is 0.339 e. The second-order valence-corrected chi connectivity index (χ2v) is 5.41. The summed E-state index contributed by atoms with van der Waals surface area (Å²) >= 11 is 9.49. The molecule has 1 heterocycles. The summed E-state index contributed by atoms with van der Waals surface area (Å²) in [4.78, 5) is 8.79. The predicted octanol–water partition coefficient (Wildman–Crippen LogP) is 4.76. The molecule has 1 aromatic heterocycles. The average molecular weight is 327 g/mol. The molecule has 18 heavy (non-hydrogen) atoms. The molecule has 0 spiro atoms. The van der Waals surface area contributed by atoms with Gasteiger partial charge in [-0.1, -0.05) is 37.6 Å². The van der Waals surface area contributed by atoms with Crippen molar-refractivity contribution in [3.05, 3.63) is 45.8 Å². The second kappa shape index (κ2) is 5.67. The van der Waals surface area contributed by atoms with Crippen LogP contribution >= 0.6 is 27.5 Å². The summed E-state index contributed by atoms with van der Waals surface area (Å²) < 4.78 is 0.760. The third kappa shape index (κ3) is 3.21. The molecule has 3 nitrogen and oxygen atoms in total. The molecule has 0 aliphatic heterocycles. The van der Waals surface area contributed by atoms with Crippen molar-refractivity contribution in [1.29, 1.82) is 0 Å². The van der Waals surface area contributed by atoms with E-state index in [-0.39, 0.29) is 5.92 Å². The van der Waals surface area contributed by atoms with Crippen molar-refractivity contribution < 1.29 is 0 Å². The zero-order valence-corrected chi connectivity index (χ0v) is 12.5. The first-order valence-corrected chi connectivity index (χ1v) is 6.79. The number of anilines is 2. The minimum Gasteiger partial charge on any atom is -0.339 e. The van der Waals surface area contributed by atoms with E-state index in [1.807, 2.05) is 30.3 Å². The number of benzene rings is 1. The van der Waals surface area contributed by atoms with Crippen LogP contribution in [0.25, 0.3) is 0 Å². The first kappa shape index (κ1) is 13.3. The Hall–Kier alpha value is -1.13. The molecular weight excluding hydrogens is 314 g/mol. The van der Waals surface area contributed by atoms with Crippen LogP contribution in [-0.4, -0.2) is 9.97 Å². The Labute approximate surface area is 120 Å². The van der Waals surface area contributed by atoms with E-state index in [9.17, 15) is 0 Å². The Morgan fingerprint density at radius 3 is 2.61 bits per heavy atom. The molecule has 1 N–H and O–H groups in total. The molecule has 2 rings (SSSR count). The van der Waals surface area contributed by atoms with Gasteiger partial charge in [0.15, 0.2) is 0 Å². The third-order valence-electron chi connectivity index (χ3n) is 2.37. The van der Waals surface area contributed by atoms with E-state index in [0.717, 1.165) is 21.9 Å². The fourth-order valence-corrected chi connectivity index (χ4v) is 2.04. The summed E-state index contributed by atoms with van der Waals surface area (Å²) in [6.45, 7) is 4.11. The van der Waals surface area contributed by atoms with Crippen LogP contribution in [0.3, 0.4) is 0 Å². The Kier molecular flexibility index (Phi) is 4.19. The number of halogens is 2. The van der Waals surface area contributed by atoms with Gasteiger partial charge in [-0.05, 0) is 28.1 Å². The van der Waals surface area contributed by atoms with E-state index in [0.29, 0.717) is 5.02 Å². The Morgan fingerprint density at radius 2 is 1.94 bits per heavy atom. The molecule has 0 aliphatic rings. The van der Waals surface area contributed by atoms with E-state index in [1.54, 1.807) is 0 Å². The van der Waals surface area contributed by atoms with E-state index in [1.165, 1.54) is 0 Å². The smallest absolute Gasteiger partial charge is 0.135 e. The Bertz CT molecular complexity index is 558. The lowest BCUT2D eigenvalue weighted by Gasteiger charge is -2.10. The number of nitrogens with zero attached hydrogens (tertiary/aromatic N) is 2. The zero-order chi connectivity index (χ0) is 13.1. The predicted molar refractivity (Wildman–Crippen MR) is 78.6 cm³/mol. The van der Waals surface area contributed by atoms with Crippen LogP contribution in [0, 0.1) is 0 Å². The number of aromatic nitrogens is 2. The van der Waals surface area contributed by atoms with Crippen molar-refractivity contribution in [3.63, 3.8) is 0 Å². The Balaban J connectivity index is 2.32. The highest BCUT2D eigenvalue weighted by molar-refractivity contribution is 9.10. The van der Waals surface area contributed by atoms with E-state index < -0.39 is 0 Å². The van der Waals surface area contributed by atoms with Crippen LogP contribution in [0.15, 0.2) is 34.9 Å².